The van der Waals surface area contributed by atoms with Gasteiger partial charge in [-0.05, 0) is 49.9 Å². The molecule has 1 aromatic rings. The van der Waals surface area contributed by atoms with Gasteiger partial charge in [0.25, 0.3) is 0 Å². The Hall–Kier alpha value is -1.02. The summed E-state index contributed by atoms with van der Waals surface area (Å²) in [6.45, 7) is 14.7. The zero-order valence-corrected chi connectivity index (χ0v) is 14.3. The Morgan fingerprint density at radius 1 is 1.10 bits per heavy atom. The van der Waals surface area contributed by atoms with E-state index in [0.717, 1.165) is 6.54 Å². The van der Waals surface area contributed by atoms with Gasteiger partial charge in [-0.25, -0.2) is 0 Å². The minimum Gasteiger partial charge on any atom is -0.371 e. The molecule has 2 atom stereocenters. The van der Waals surface area contributed by atoms with E-state index in [1.165, 1.54) is 17.7 Å². The third-order valence-electron chi connectivity index (χ3n) is 4.34. The van der Waals surface area contributed by atoms with E-state index >= 15 is 0 Å². The maximum Gasteiger partial charge on any atom is 0.0366 e. The first-order chi connectivity index (χ1) is 9.27. The van der Waals surface area contributed by atoms with Gasteiger partial charge < -0.3 is 10.2 Å². The van der Waals surface area contributed by atoms with Crippen molar-refractivity contribution in [3.63, 3.8) is 0 Å². The molecule has 0 aliphatic heterocycles. The zero-order valence-electron chi connectivity index (χ0n) is 14.3. The van der Waals surface area contributed by atoms with Crippen LogP contribution in [0.2, 0.25) is 0 Å². The summed E-state index contributed by atoms with van der Waals surface area (Å²) in [4.78, 5) is 2.37. The Morgan fingerprint density at radius 2 is 1.65 bits per heavy atom. The van der Waals surface area contributed by atoms with Crippen LogP contribution in [0.3, 0.4) is 0 Å². The summed E-state index contributed by atoms with van der Waals surface area (Å²) in [6.07, 6.45) is 1.17. The van der Waals surface area contributed by atoms with Gasteiger partial charge in [0.05, 0.1) is 0 Å². The molecule has 0 saturated carbocycles. The molecule has 1 rings (SSSR count). The van der Waals surface area contributed by atoms with E-state index in [4.69, 9.17) is 0 Å². The topological polar surface area (TPSA) is 15.3 Å². The Morgan fingerprint density at radius 3 is 2.10 bits per heavy atom. The van der Waals surface area contributed by atoms with Gasteiger partial charge in [0, 0.05) is 24.8 Å². The second-order valence-corrected chi connectivity index (χ2v) is 6.92. The van der Waals surface area contributed by atoms with Crippen molar-refractivity contribution in [1.29, 1.82) is 0 Å². The van der Waals surface area contributed by atoms with Crippen molar-refractivity contribution in [2.75, 3.05) is 18.5 Å². The fourth-order valence-electron chi connectivity index (χ4n) is 2.28. The average molecular weight is 276 g/mol. The van der Waals surface area contributed by atoms with Gasteiger partial charge in [0.15, 0.2) is 0 Å². The van der Waals surface area contributed by atoms with Crippen LogP contribution >= 0.6 is 0 Å². The highest BCUT2D eigenvalue weighted by Gasteiger charge is 2.24. The van der Waals surface area contributed by atoms with Gasteiger partial charge in [-0.3, -0.25) is 0 Å². The van der Waals surface area contributed by atoms with Crippen molar-refractivity contribution in [3.05, 3.63) is 29.8 Å². The first kappa shape index (κ1) is 17.0. The fourth-order valence-corrected chi connectivity index (χ4v) is 2.28. The summed E-state index contributed by atoms with van der Waals surface area (Å²) >= 11 is 0. The maximum atomic E-state index is 3.53. The first-order valence-corrected chi connectivity index (χ1v) is 7.83. The molecule has 2 unspecified atom stereocenters. The standard InChI is InChI=1S/C18H32N2/c1-8-13-19-14(2)16-9-11-17(12-10-16)20(7)15(3)18(4,5)6/h9-12,14-15,19H,8,13H2,1-7H3. The average Bonchev–Trinajstić information content (AvgIpc) is 2.42. The van der Waals surface area contributed by atoms with Crippen LogP contribution in [0.25, 0.3) is 0 Å². The summed E-state index contributed by atoms with van der Waals surface area (Å²) in [7, 11) is 2.18. The third kappa shape index (κ3) is 4.52. The minimum atomic E-state index is 0.281. The molecule has 1 N–H and O–H groups in total. The molecule has 2 heteroatoms. The lowest BCUT2D eigenvalue weighted by Gasteiger charge is -2.37. The minimum absolute atomic E-state index is 0.281. The zero-order chi connectivity index (χ0) is 15.3. The Labute approximate surface area is 125 Å². The third-order valence-corrected chi connectivity index (χ3v) is 4.34. The van der Waals surface area contributed by atoms with Crippen LogP contribution in [0.15, 0.2) is 24.3 Å². The predicted molar refractivity (Wildman–Crippen MR) is 90.5 cm³/mol. The summed E-state index contributed by atoms with van der Waals surface area (Å²) in [5.41, 5.74) is 2.93. The SMILES string of the molecule is CCCNC(C)c1ccc(N(C)C(C)C(C)(C)C)cc1. The second-order valence-electron chi connectivity index (χ2n) is 6.92. The molecule has 0 saturated heterocycles. The van der Waals surface area contributed by atoms with Crippen molar-refractivity contribution in [3.8, 4) is 0 Å². The summed E-state index contributed by atoms with van der Waals surface area (Å²) in [5, 5.41) is 3.53. The Bertz CT molecular complexity index is 389. The lowest BCUT2D eigenvalue weighted by atomic mass is 9.87. The molecular formula is C18H32N2. The first-order valence-electron chi connectivity index (χ1n) is 7.83. The lowest BCUT2D eigenvalue weighted by Crippen LogP contribution is -2.39. The van der Waals surface area contributed by atoms with Gasteiger partial charge in [0.2, 0.25) is 0 Å². The molecular weight excluding hydrogens is 244 g/mol. The molecule has 0 fully saturated rings. The smallest absolute Gasteiger partial charge is 0.0366 e. The quantitative estimate of drug-likeness (QED) is 0.815. The number of hydrogen-bond acceptors (Lipinski definition) is 2. The second kappa shape index (κ2) is 7.12. The van der Waals surface area contributed by atoms with E-state index in [9.17, 15) is 0 Å². The van der Waals surface area contributed by atoms with Crippen LogP contribution in [-0.4, -0.2) is 19.6 Å². The maximum absolute atomic E-state index is 3.53. The number of rotatable bonds is 6. The lowest BCUT2D eigenvalue weighted by molar-refractivity contribution is 0.330. The number of nitrogens with one attached hydrogen (secondary N) is 1. The van der Waals surface area contributed by atoms with Gasteiger partial charge in [0.1, 0.15) is 0 Å². The van der Waals surface area contributed by atoms with Crippen LogP contribution < -0.4 is 10.2 Å². The highest BCUT2D eigenvalue weighted by atomic mass is 15.1. The van der Waals surface area contributed by atoms with E-state index in [-0.39, 0.29) is 5.41 Å². The molecule has 0 aliphatic carbocycles. The van der Waals surface area contributed by atoms with E-state index in [0.29, 0.717) is 12.1 Å². The van der Waals surface area contributed by atoms with Crippen molar-refractivity contribution in [1.82, 2.24) is 5.32 Å². The molecule has 0 aliphatic rings. The summed E-state index contributed by atoms with van der Waals surface area (Å²) < 4.78 is 0. The van der Waals surface area contributed by atoms with Crippen molar-refractivity contribution in [2.24, 2.45) is 5.41 Å². The van der Waals surface area contributed by atoms with Gasteiger partial charge in [-0.1, -0.05) is 39.8 Å². The normalized spacial score (nSPS) is 14.9. The molecule has 0 radical (unpaired) electrons. The molecule has 0 bridgehead atoms. The number of nitrogens with zero attached hydrogens (tertiary/aromatic N) is 1. The molecule has 0 aromatic heterocycles. The highest BCUT2D eigenvalue weighted by molar-refractivity contribution is 5.48. The van der Waals surface area contributed by atoms with Crippen LogP contribution in [0.5, 0.6) is 0 Å². The van der Waals surface area contributed by atoms with Crippen LogP contribution in [0.4, 0.5) is 5.69 Å². The van der Waals surface area contributed by atoms with Crippen LogP contribution in [0.1, 0.15) is 59.6 Å². The summed E-state index contributed by atoms with van der Waals surface area (Å²) in [6, 6.07) is 9.89. The van der Waals surface area contributed by atoms with E-state index in [1.54, 1.807) is 0 Å². The number of benzene rings is 1. The van der Waals surface area contributed by atoms with Crippen LogP contribution in [0, 0.1) is 5.41 Å². The molecule has 0 amide bonds. The van der Waals surface area contributed by atoms with Crippen molar-refractivity contribution in [2.45, 2.75) is 60.0 Å². The monoisotopic (exact) mass is 276 g/mol. The van der Waals surface area contributed by atoms with Gasteiger partial charge in [-0.15, -0.1) is 0 Å². The number of hydrogen-bond donors (Lipinski definition) is 1. The van der Waals surface area contributed by atoms with Gasteiger partial charge >= 0.3 is 0 Å². The molecule has 2 nitrogen and oxygen atoms in total. The molecule has 20 heavy (non-hydrogen) atoms. The predicted octanol–water partition coefficient (Wildman–Crippen LogP) is 4.62. The summed E-state index contributed by atoms with van der Waals surface area (Å²) in [5.74, 6) is 0. The molecule has 0 spiro atoms. The largest absolute Gasteiger partial charge is 0.371 e. The molecule has 1 aromatic carbocycles. The van der Waals surface area contributed by atoms with Crippen molar-refractivity contribution < 1.29 is 0 Å². The van der Waals surface area contributed by atoms with Gasteiger partial charge in [-0.2, -0.15) is 0 Å². The van der Waals surface area contributed by atoms with E-state index in [1.807, 2.05) is 0 Å². The molecule has 114 valence electrons. The highest BCUT2D eigenvalue weighted by Crippen LogP contribution is 2.28. The Balaban J connectivity index is 2.75. The van der Waals surface area contributed by atoms with Crippen LogP contribution in [-0.2, 0) is 0 Å². The Kier molecular flexibility index (Phi) is 6.07. The molecule has 0 heterocycles. The van der Waals surface area contributed by atoms with E-state index in [2.05, 4.69) is 83.1 Å². The van der Waals surface area contributed by atoms with Crippen molar-refractivity contribution >= 4 is 5.69 Å². The number of anilines is 1. The fraction of sp³-hybridized carbons (Fsp3) is 0.667. The van der Waals surface area contributed by atoms with E-state index < -0.39 is 0 Å².